The van der Waals surface area contributed by atoms with Gasteiger partial charge < -0.3 is 10.4 Å². The van der Waals surface area contributed by atoms with Crippen LogP contribution in [0, 0.1) is 0 Å². The second kappa shape index (κ2) is 4.23. The molecule has 1 aliphatic rings. The highest BCUT2D eigenvalue weighted by molar-refractivity contribution is 5.57. The maximum absolute atomic E-state index is 10.0. The standard InChI is InChI=1S/C13H19NO/c1-9(2)14-11-7-3-5-10-6-4-8-12(15)13(10)11/h3,5,7,9,12,14-15H,4,6,8H2,1-2H3. The van der Waals surface area contributed by atoms with Gasteiger partial charge in [-0.15, -0.1) is 0 Å². The molecule has 2 nitrogen and oxygen atoms in total. The molecule has 1 aliphatic carbocycles. The van der Waals surface area contributed by atoms with Gasteiger partial charge >= 0.3 is 0 Å². The second-order valence-electron chi connectivity index (χ2n) is 4.59. The Kier molecular flexibility index (Phi) is 2.96. The molecular formula is C13H19NO. The van der Waals surface area contributed by atoms with E-state index in [1.807, 2.05) is 0 Å². The van der Waals surface area contributed by atoms with Crippen LogP contribution in [0.1, 0.15) is 43.9 Å². The van der Waals surface area contributed by atoms with Crippen LogP contribution in [-0.4, -0.2) is 11.1 Å². The fourth-order valence-corrected chi connectivity index (χ4v) is 2.29. The molecule has 2 rings (SSSR count). The zero-order chi connectivity index (χ0) is 10.8. The molecule has 82 valence electrons. The summed E-state index contributed by atoms with van der Waals surface area (Å²) in [5, 5.41) is 13.4. The molecule has 1 atom stereocenters. The van der Waals surface area contributed by atoms with Gasteiger partial charge in [0.25, 0.3) is 0 Å². The van der Waals surface area contributed by atoms with Gasteiger partial charge in [-0.05, 0) is 44.7 Å². The van der Waals surface area contributed by atoms with Crippen molar-refractivity contribution in [3.05, 3.63) is 29.3 Å². The van der Waals surface area contributed by atoms with Crippen LogP contribution in [0.25, 0.3) is 0 Å². The summed E-state index contributed by atoms with van der Waals surface area (Å²) in [7, 11) is 0. The first-order chi connectivity index (χ1) is 7.18. The van der Waals surface area contributed by atoms with Crippen molar-refractivity contribution in [2.75, 3.05) is 5.32 Å². The molecule has 0 radical (unpaired) electrons. The van der Waals surface area contributed by atoms with Crippen molar-refractivity contribution in [3.8, 4) is 0 Å². The van der Waals surface area contributed by atoms with E-state index in [1.165, 1.54) is 5.56 Å². The van der Waals surface area contributed by atoms with Crippen molar-refractivity contribution in [3.63, 3.8) is 0 Å². The summed E-state index contributed by atoms with van der Waals surface area (Å²) in [6.07, 6.45) is 2.81. The van der Waals surface area contributed by atoms with Crippen LogP contribution >= 0.6 is 0 Å². The summed E-state index contributed by atoms with van der Waals surface area (Å²) >= 11 is 0. The Bertz CT molecular complexity index is 346. The molecule has 1 aromatic rings. The zero-order valence-corrected chi connectivity index (χ0v) is 9.46. The fraction of sp³-hybridized carbons (Fsp3) is 0.538. The summed E-state index contributed by atoms with van der Waals surface area (Å²) in [4.78, 5) is 0. The number of rotatable bonds is 2. The summed E-state index contributed by atoms with van der Waals surface area (Å²) in [6, 6.07) is 6.67. The molecule has 0 fully saturated rings. The third-order valence-corrected chi connectivity index (χ3v) is 2.90. The zero-order valence-electron chi connectivity index (χ0n) is 9.46. The van der Waals surface area contributed by atoms with E-state index in [0.717, 1.165) is 30.5 Å². The minimum atomic E-state index is -0.281. The summed E-state index contributed by atoms with van der Waals surface area (Å²) in [5.74, 6) is 0. The number of anilines is 1. The minimum absolute atomic E-state index is 0.281. The third-order valence-electron chi connectivity index (χ3n) is 2.90. The molecule has 0 saturated heterocycles. The Morgan fingerprint density at radius 2 is 2.20 bits per heavy atom. The number of hydrogen-bond acceptors (Lipinski definition) is 2. The van der Waals surface area contributed by atoms with Gasteiger partial charge in [-0.25, -0.2) is 0 Å². The number of aliphatic hydroxyl groups excluding tert-OH is 1. The van der Waals surface area contributed by atoms with Gasteiger partial charge in [0.05, 0.1) is 6.10 Å². The molecule has 2 heteroatoms. The summed E-state index contributed by atoms with van der Waals surface area (Å²) in [5.41, 5.74) is 3.53. The number of hydrogen-bond donors (Lipinski definition) is 2. The first-order valence-corrected chi connectivity index (χ1v) is 5.75. The smallest absolute Gasteiger partial charge is 0.0812 e. The van der Waals surface area contributed by atoms with Crippen LogP contribution in [-0.2, 0) is 6.42 Å². The van der Waals surface area contributed by atoms with E-state index in [4.69, 9.17) is 0 Å². The Morgan fingerprint density at radius 1 is 1.40 bits per heavy atom. The molecule has 1 unspecified atom stereocenters. The fourth-order valence-electron chi connectivity index (χ4n) is 2.29. The topological polar surface area (TPSA) is 32.3 Å². The summed E-state index contributed by atoms with van der Waals surface area (Å²) < 4.78 is 0. The number of fused-ring (bicyclic) bond motifs is 1. The van der Waals surface area contributed by atoms with E-state index in [1.54, 1.807) is 0 Å². The van der Waals surface area contributed by atoms with E-state index >= 15 is 0 Å². The highest BCUT2D eigenvalue weighted by Gasteiger charge is 2.20. The SMILES string of the molecule is CC(C)Nc1cccc2c1C(O)CCC2. The molecule has 0 heterocycles. The number of aliphatic hydroxyl groups is 1. The average Bonchev–Trinajstić information content (AvgIpc) is 2.17. The van der Waals surface area contributed by atoms with Crippen molar-refractivity contribution in [2.45, 2.75) is 45.3 Å². The van der Waals surface area contributed by atoms with E-state index in [2.05, 4.69) is 37.4 Å². The van der Waals surface area contributed by atoms with E-state index in [0.29, 0.717) is 6.04 Å². The van der Waals surface area contributed by atoms with Crippen LogP contribution in [0.15, 0.2) is 18.2 Å². The quantitative estimate of drug-likeness (QED) is 0.778. The predicted molar refractivity (Wildman–Crippen MR) is 63.1 cm³/mol. The van der Waals surface area contributed by atoms with Gasteiger partial charge in [0, 0.05) is 17.3 Å². The highest BCUT2D eigenvalue weighted by Crippen LogP contribution is 2.35. The Morgan fingerprint density at radius 3 is 2.93 bits per heavy atom. The van der Waals surface area contributed by atoms with Crippen LogP contribution in [0.2, 0.25) is 0 Å². The van der Waals surface area contributed by atoms with Gasteiger partial charge in [0.2, 0.25) is 0 Å². The molecule has 2 N–H and O–H groups in total. The molecule has 0 amide bonds. The van der Waals surface area contributed by atoms with Crippen LogP contribution in [0.5, 0.6) is 0 Å². The van der Waals surface area contributed by atoms with Crippen molar-refractivity contribution >= 4 is 5.69 Å². The van der Waals surface area contributed by atoms with E-state index < -0.39 is 0 Å². The van der Waals surface area contributed by atoms with Crippen molar-refractivity contribution in [2.24, 2.45) is 0 Å². The minimum Gasteiger partial charge on any atom is -0.388 e. The lowest BCUT2D eigenvalue weighted by molar-refractivity contribution is 0.157. The lowest BCUT2D eigenvalue weighted by Gasteiger charge is -2.25. The lowest BCUT2D eigenvalue weighted by Crippen LogP contribution is -2.16. The first kappa shape index (κ1) is 10.5. The third kappa shape index (κ3) is 2.15. The Balaban J connectivity index is 2.38. The van der Waals surface area contributed by atoms with Crippen LogP contribution < -0.4 is 5.32 Å². The largest absolute Gasteiger partial charge is 0.388 e. The molecule has 0 aliphatic heterocycles. The van der Waals surface area contributed by atoms with Gasteiger partial charge in [-0.3, -0.25) is 0 Å². The number of aryl methyl sites for hydroxylation is 1. The first-order valence-electron chi connectivity index (χ1n) is 5.75. The summed E-state index contributed by atoms with van der Waals surface area (Å²) in [6.45, 7) is 4.24. The molecule has 0 spiro atoms. The second-order valence-corrected chi connectivity index (χ2v) is 4.59. The predicted octanol–water partition coefficient (Wildman–Crippen LogP) is 2.88. The van der Waals surface area contributed by atoms with Crippen LogP contribution in [0.3, 0.4) is 0 Å². The van der Waals surface area contributed by atoms with Crippen molar-refractivity contribution in [1.82, 2.24) is 0 Å². The lowest BCUT2D eigenvalue weighted by atomic mass is 9.88. The van der Waals surface area contributed by atoms with Gasteiger partial charge in [-0.2, -0.15) is 0 Å². The van der Waals surface area contributed by atoms with Gasteiger partial charge in [-0.1, -0.05) is 12.1 Å². The van der Waals surface area contributed by atoms with Gasteiger partial charge in [0.15, 0.2) is 0 Å². The van der Waals surface area contributed by atoms with E-state index in [-0.39, 0.29) is 6.10 Å². The maximum atomic E-state index is 10.0. The molecular weight excluding hydrogens is 186 g/mol. The number of nitrogens with one attached hydrogen (secondary N) is 1. The van der Waals surface area contributed by atoms with Crippen LogP contribution in [0.4, 0.5) is 5.69 Å². The Hall–Kier alpha value is -1.02. The van der Waals surface area contributed by atoms with Crippen molar-refractivity contribution in [1.29, 1.82) is 0 Å². The van der Waals surface area contributed by atoms with Crippen molar-refractivity contribution < 1.29 is 5.11 Å². The molecule has 0 aromatic heterocycles. The monoisotopic (exact) mass is 205 g/mol. The van der Waals surface area contributed by atoms with E-state index in [9.17, 15) is 5.11 Å². The molecule has 0 bridgehead atoms. The molecule has 1 aromatic carbocycles. The normalized spacial score (nSPS) is 20.1. The Labute approximate surface area is 91.3 Å². The molecule has 15 heavy (non-hydrogen) atoms. The maximum Gasteiger partial charge on any atom is 0.0812 e. The molecule has 0 saturated carbocycles. The van der Waals surface area contributed by atoms with Gasteiger partial charge in [0.1, 0.15) is 0 Å². The average molecular weight is 205 g/mol. The number of benzene rings is 1. The highest BCUT2D eigenvalue weighted by atomic mass is 16.3.